The highest BCUT2D eigenvalue weighted by atomic mass is 127. The lowest BCUT2D eigenvalue weighted by molar-refractivity contribution is -0.388. The van der Waals surface area contributed by atoms with E-state index in [-0.39, 0.29) is 25.9 Å². The summed E-state index contributed by atoms with van der Waals surface area (Å²) in [4.78, 5) is 0. The van der Waals surface area contributed by atoms with Crippen molar-refractivity contribution in [2.24, 2.45) is 0 Å². The SMILES string of the molecule is CC(C)[Si](/C(I)=C/C(F)(F)C(F)(F)C(F)(F)C(F)(F)F)(C(C)C)C(C)C. The molecule has 11 heteroatoms. The molecule has 0 nitrogen and oxygen atoms in total. The highest BCUT2D eigenvalue weighted by Crippen LogP contribution is 2.56. The van der Waals surface area contributed by atoms with Crippen molar-refractivity contribution in [1.29, 1.82) is 0 Å². The van der Waals surface area contributed by atoms with Gasteiger partial charge in [0.1, 0.15) is 8.07 Å². The quantitative estimate of drug-likeness (QED) is 0.179. The first-order chi connectivity index (χ1) is 11.2. The van der Waals surface area contributed by atoms with Gasteiger partial charge in [-0.15, -0.1) is 0 Å². The van der Waals surface area contributed by atoms with E-state index in [1.54, 1.807) is 41.5 Å². The van der Waals surface area contributed by atoms with Gasteiger partial charge >= 0.3 is 23.9 Å². The topological polar surface area (TPSA) is 0 Å². The number of allylic oxidation sites excluding steroid dienone is 1. The number of alkyl halides is 9. The second-order valence-corrected chi connectivity index (χ2v) is 15.2. The van der Waals surface area contributed by atoms with Crippen molar-refractivity contribution < 1.29 is 39.5 Å². The first-order valence-corrected chi connectivity index (χ1v) is 11.1. The molecular weight excluding hydrogens is 506 g/mol. The van der Waals surface area contributed by atoms with Crippen LogP contribution in [0.4, 0.5) is 39.5 Å². The van der Waals surface area contributed by atoms with Gasteiger partial charge in [0.2, 0.25) is 0 Å². The summed E-state index contributed by atoms with van der Waals surface area (Å²) < 4.78 is 118. The van der Waals surface area contributed by atoms with E-state index in [2.05, 4.69) is 0 Å². The fraction of sp³-hybridized carbons (Fsp3) is 0.867. The maximum atomic E-state index is 14.0. The monoisotopic (exact) mass is 528 g/mol. The molecule has 0 fully saturated rings. The molecular formula is C15H22F9ISi. The molecule has 0 atom stereocenters. The zero-order valence-corrected chi connectivity index (χ0v) is 18.2. The van der Waals surface area contributed by atoms with Gasteiger partial charge in [0.25, 0.3) is 0 Å². The molecule has 0 spiro atoms. The highest BCUT2D eigenvalue weighted by Gasteiger charge is 2.81. The molecule has 0 aromatic carbocycles. The molecule has 0 aliphatic carbocycles. The van der Waals surface area contributed by atoms with Crippen LogP contribution in [-0.2, 0) is 0 Å². The average molecular weight is 528 g/mol. The van der Waals surface area contributed by atoms with Gasteiger partial charge < -0.3 is 0 Å². The van der Waals surface area contributed by atoms with Gasteiger partial charge in [-0.3, -0.25) is 0 Å². The number of hydrogen-bond acceptors (Lipinski definition) is 0. The van der Waals surface area contributed by atoms with Crippen LogP contribution >= 0.6 is 22.6 Å². The summed E-state index contributed by atoms with van der Waals surface area (Å²) in [6.45, 7) is 10.2. The van der Waals surface area contributed by atoms with E-state index < -0.39 is 32.0 Å². The van der Waals surface area contributed by atoms with Crippen LogP contribution in [0.25, 0.3) is 0 Å². The Balaban J connectivity index is 6.48. The molecule has 0 amide bonds. The molecule has 0 saturated heterocycles. The maximum absolute atomic E-state index is 14.0. The molecule has 0 heterocycles. The predicted molar refractivity (Wildman–Crippen MR) is 94.0 cm³/mol. The standard InChI is InChI=1S/C15H22F9ISi/c1-8(2)26(9(3)4,10(5)6)11(25)7-12(16,17)13(18,19)14(20,21)15(22,23)24/h7-10H,1-6H3/b11-7+. The van der Waals surface area contributed by atoms with Gasteiger partial charge in [-0.1, -0.05) is 64.1 Å². The Morgan fingerprint density at radius 2 is 1.00 bits per heavy atom. The summed E-state index contributed by atoms with van der Waals surface area (Å²) in [7, 11) is -2.92. The van der Waals surface area contributed by atoms with Crippen LogP contribution in [0.5, 0.6) is 0 Å². The normalized spacial score (nSPS) is 16.2. The van der Waals surface area contributed by atoms with E-state index in [0.29, 0.717) is 0 Å². The molecule has 26 heavy (non-hydrogen) atoms. The van der Waals surface area contributed by atoms with Crippen LogP contribution in [0.15, 0.2) is 9.28 Å². The average Bonchev–Trinajstić information content (AvgIpc) is 2.34. The first-order valence-electron chi connectivity index (χ1n) is 7.80. The summed E-state index contributed by atoms with van der Waals surface area (Å²) >= 11 is 1.40. The van der Waals surface area contributed by atoms with Crippen molar-refractivity contribution in [1.82, 2.24) is 0 Å². The maximum Gasteiger partial charge on any atom is 0.460 e. The Kier molecular flexibility index (Phi) is 7.84. The van der Waals surface area contributed by atoms with Gasteiger partial charge in [0.15, 0.2) is 0 Å². The molecule has 0 N–H and O–H groups in total. The predicted octanol–water partition coefficient (Wildman–Crippen LogP) is 7.99. The lowest BCUT2D eigenvalue weighted by Gasteiger charge is -2.44. The van der Waals surface area contributed by atoms with Gasteiger partial charge in [-0.05, 0) is 25.9 Å². The smallest absolute Gasteiger partial charge is 0.195 e. The summed E-state index contributed by atoms with van der Waals surface area (Å²) in [6, 6.07) is 0. The van der Waals surface area contributed by atoms with Gasteiger partial charge in [0.05, 0.1) is 0 Å². The third kappa shape index (κ3) is 4.07. The minimum atomic E-state index is -6.87. The summed E-state index contributed by atoms with van der Waals surface area (Å²) in [5.41, 5.74) is -0.672. The molecule has 0 aromatic rings. The lowest BCUT2D eigenvalue weighted by atomic mass is 10.0. The van der Waals surface area contributed by atoms with E-state index in [1.807, 2.05) is 0 Å². The molecule has 0 aromatic heterocycles. The van der Waals surface area contributed by atoms with Crippen LogP contribution in [0.3, 0.4) is 0 Å². The molecule has 0 unspecified atom stereocenters. The summed E-state index contributed by atoms with van der Waals surface area (Å²) in [5, 5.41) is 0. The minimum Gasteiger partial charge on any atom is -0.195 e. The van der Waals surface area contributed by atoms with Crippen LogP contribution in [0, 0.1) is 0 Å². The molecule has 0 aliphatic heterocycles. The summed E-state index contributed by atoms with van der Waals surface area (Å²) in [6.07, 6.45) is -7.18. The lowest BCUT2D eigenvalue weighted by Crippen LogP contribution is -2.60. The number of halogens is 10. The van der Waals surface area contributed by atoms with E-state index in [0.717, 1.165) is 0 Å². The second kappa shape index (κ2) is 7.82. The highest BCUT2D eigenvalue weighted by molar-refractivity contribution is 14.1. The Hall–Kier alpha value is 0.0569. The van der Waals surface area contributed by atoms with E-state index in [1.165, 1.54) is 22.6 Å². The molecule has 0 radical (unpaired) electrons. The van der Waals surface area contributed by atoms with Crippen molar-refractivity contribution in [2.75, 3.05) is 0 Å². The van der Waals surface area contributed by atoms with Gasteiger partial charge in [0, 0.05) is 0 Å². The van der Waals surface area contributed by atoms with Crippen LogP contribution < -0.4 is 0 Å². The van der Waals surface area contributed by atoms with Crippen molar-refractivity contribution in [3.63, 3.8) is 0 Å². The third-order valence-corrected chi connectivity index (χ3v) is 14.6. The Labute approximate surface area is 161 Å². The zero-order chi connectivity index (χ0) is 21.5. The van der Waals surface area contributed by atoms with Crippen LogP contribution in [0.1, 0.15) is 41.5 Å². The molecule has 0 bridgehead atoms. The summed E-state index contributed by atoms with van der Waals surface area (Å²) in [5.74, 6) is -19.1. The fourth-order valence-corrected chi connectivity index (χ4v) is 15.7. The molecule has 0 rings (SSSR count). The Bertz CT molecular complexity index is 500. The van der Waals surface area contributed by atoms with E-state index in [4.69, 9.17) is 0 Å². The Morgan fingerprint density at radius 1 is 0.692 bits per heavy atom. The van der Waals surface area contributed by atoms with Crippen LogP contribution in [-0.4, -0.2) is 32.0 Å². The number of hydrogen-bond donors (Lipinski definition) is 0. The third-order valence-electron chi connectivity index (χ3n) is 4.76. The number of rotatable bonds is 7. The minimum absolute atomic E-state index is 0.224. The molecule has 0 saturated carbocycles. The van der Waals surface area contributed by atoms with Crippen LogP contribution in [0.2, 0.25) is 16.6 Å². The fourth-order valence-electron chi connectivity index (χ4n) is 3.59. The van der Waals surface area contributed by atoms with E-state index in [9.17, 15) is 39.5 Å². The largest absolute Gasteiger partial charge is 0.460 e. The Morgan fingerprint density at radius 3 is 1.23 bits per heavy atom. The second-order valence-electron chi connectivity index (χ2n) is 7.16. The van der Waals surface area contributed by atoms with Gasteiger partial charge in [-0.25, -0.2) is 0 Å². The van der Waals surface area contributed by atoms with Crippen molar-refractivity contribution >= 4 is 30.7 Å². The molecule has 156 valence electrons. The van der Waals surface area contributed by atoms with Crippen molar-refractivity contribution in [2.45, 2.75) is 82.1 Å². The molecule has 0 aliphatic rings. The van der Waals surface area contributed by atoms with Crippen molar-refractivity contribution in [3.05, 3.63) is 9.28 Å². The van der Waals surface area contributed by atoms with Crippen molar-refractivity contribution in [3.8, 4) is 0 Å². The van der Waals surface area contributed by atoms with E-state index >= 15 is 0 Å². The first kappa shape index (κ1) is 26.1. The zero-order valence-electron chi connectivity index (χ0n) is 15.1. The van der Waals surface area contributed by atoms with Gasteiger partial charge in [-0.2, -0.15) is 39.5 Å².